The number of amides is 3. The Morgan fingerprint density at radius 3 is 2.50 bits per heavy atom. The Hall–Kier alpha value is -2.18. The quantitative estimate of drug-likeness (QED) is 0.815. The van der Waals surface area contributed by atoms with E-state index in [0.29, 0.717) is 32.1 Å². The molecule has 18 heavy (non-hydrogen) atoms. The predicted molar refractivity (Wildman–Crippen MR) is 63.3 cm³/mol. The average molecular weight is 253 g/mol. The van der Waals surface area contributed by atoms with Crippen LogP contribution >= 0.6 is 0 Å². The third-order valence-electron chi connectivity index (χ3n) is 2.75. The fourth-order valence-electron chi connectivity index (χ4n) is 1.76. The number of carbonyl (C=O) groups excluding carboxylic acids is 2. The van der Waals surface area contributed by atoms with E-state index in [1.807, 2.05) is 0 Å². The first-order valence-corrected chi connectivity index (χ1v) is 5.63. The SMILES string of the molecule is COC(=O)N1CCN(C(=O)Nc2ccco2)CC1. The summed E-state index contributed by atoms with van der Waals surface area (Å²) in [6, 6.07) is 3.14. The van der Waals surface area contributed by atoms with Crippen molar-refractivity contribution in [2.24, 2.45) is 0 Å². The first-order chi connectivity index (χ1) is 8.70. The average Bonchev–Trinajstić information content (AvgIpc) is 2.91. The normalized spacial score (nSPS) is 15.4. The molecule has 7 heteroatoms. The molecule has 0 aromatic carbocycles. The van der Waals surface area contributed by atoms with Crippen LogP contribution < -0.4 is 5.32 Å². The Morgan fingerprint density at radius 1 is 1.28 bits per heavy atom. The molecule has 0 spiro atoms. The fraction of sp³-hybridized carbons (Fsp3) is 0.455. The van der Waals surface area contributed by atoms with Crippen LogP contribution in [0.1, 0.15) is 0 Å². The van der Waals surface area contributed by atoms with Crippen molar-refractivity contribution in [3.05, 3.63) is 18.4 Å². The van der Waals surface area contributed by atoms with Crippen LogP contribution in [0.3, 0.4) is 0 Å². The molecule has 0 bridgehead atoms. The zero-order valence-corrected chi connectivity index (χ0v) is 10.1. The van der Waals surface area contributed by atoms with Gasteiger partial charge in [0.25, 0.3) is 0 Å². The van der Waals surface area contributed by atoms with Gasteiger partial charge in [-0.15, -0.1) is 0 Å². The molecule has 3 amide bonds. The highest BCUT2D eigenvalue weighted by molar-refractivity contribution is 5.88. The van der Waals surface area contributed by atoms with E-state index in [4.69, 9.17) is 4.42 Å². The van der Waals surface area contributed by atoms with Crippen LogP contribution in [0.5, 0.6) is 0 Å². The van der Waals surface area contributed by atoms with Gasteiger partial charge in [0.05, 0.1) is 13.4 Å². The van der Waals surface area contributed by atoms with E-state index in [1.54, 1.807) is 21.9 Å². The van der Waals surface area contributed by atoms with Crippen molar-refractivity contribution in [1.82, 2.24) is 9.80 Å². The molecule has 2 rings (SSSR count). The fourth-order valence-corrected chi connectivity index (χ4v) is 1.76. The van der Waals surface area contributed by atoms with Gasteiger partial charge in [0.2, 0.25) is 5.88 Å². The Kier molecular flexibility index (Phi) is 3.71. The number of nitrogens with one attached hydrogen (secondary N) is 1. The number of carbonyl (C=O) groups is 2. The zero-order valence-electron chi connectivity index (χ0n) is 10.1. The minimum atomic E-state index is -0.360. The first-order valence-electron chi connectivity index (χ1n) is 5.63. The minimum absolute atomic E-state index is 0.227. The van der Waals surface area contributed by atoms with Gasteiger partial charge >= 0.3 is 12.1 Å². The van der Waals surface area contributed by atoms with Crippen molar-refractivity contribution in [1.29, 1.82) is 0 Å². The van der Waals surface area contributed by atoms with Crippen LogP contribution in [0.4, 0.5) is 15.5 Å². The summed E-state index contributed by atoms with van der Waals surface area (Å²) in [5, 5.41) is 2.64. The second-order valence-electron chi connectivity index (χ2n) is 3.85. The number of methoxy groups -OCH3 is 1. The molecule has 0 atom stereocenters. The number of rotatable bonds is 1. The van der Waals surface area contributed by atoms with E-state index in [2.05, 4.69) is 10.1 Å². The lowest BCUT2D eigenvalue weighted by Gasteiger charge is -2.33. The molecule has 0 unspecified atom stereocenters. The zero-order chi connectivity index (χ0) is 13.0. The van der Waals surface area contributed by atoms with Gasteiger partial charge in [-0.3, -0.25) is 5.32 Å². The van der Waals surface area contributed by atoms with Gasteiger partial charge < -0.3 is 19.0 Å². The predicted octanol–water partition coefficient (Wildman–Crippen LogP) is 1.20. The van der Waals surface area contributed by atoms with Crippen molar-refractivity contribution in [3.63, 3.8) is 0 Å². The maximum atomic E-state index is 11.8. The maximum absolute atomic E-state index is 11.8. The standard InChI is InChI=1S/C11H15N3O4/c1-17-11(16)14-6-4-13(5-7-14)10(15)12-9-3-2-8-18-9/h2-3,8H,4-7H2,1H3,(H,12,15). The molecule has 1 saturated heterocycles. The van der Waals surface area contributed by atoms with Crippen molar-refractivity contribution in [3.8, 4) is 0 Å². The van der Waals surface area contributed by atoms with Gasteiger partial charge in [-0.05, 0) is 6.07 Å². The van der Waals surface area contributed by atoms with Gasteiger partial charge in [0.1, 0.15) is 0 Å². The Bertz CT molecular complexity index is 410. The molecule has 2 heterocycles. The van der Waals surface area contributed by atoms with Crippen LogP contribution in [0.2, 0.25) is 0 Å². The highest BCUT2D eigenvalue weighted by atomic mass is 16.5. The molecular weight excluding hydrogens is 238 g/mol. The third-order valence-corrected chi connectivity index (χ3v) is 2.75. The summed E-state index contributed by atoms with van der Waals surface area (Å²) in [6.07, 6.45) is 1.13. The molecular formula is C11H15N3O4. The Labute approximate surface area is 104 Å². The van der Waals surface area contributed by atoms with E-state index in [-0.39, 0.29) is 12.1 Å². The summed E-state index contributed by atoms with van der Waals surface area (Å²) in [5.74, 6) is 0.412. The summed E-state index contributed by atoms with van der Waals surface area (Å²) in [6.45, 7) is 1.89. The van der Waals surface area contributed by atoms with E-state index in [1.165, 1.54) is 13.4 Å². The summed E-state index contributed by atoms with van der Waals surface area (Å²) >= 11 is 0. The lowest BCUT2D eigenvalue weighted by molar-refractivity contribution is 0.0992. The topological polar surface area (TPSA) is 75.0 Å². The summed E-state index contributed by atoms with van der Waals surface area (Å²) in [7, 11) is 1.35. The Balaban J connectivity index is 1.82. The molecule has 1 N–H and O–H groups in total. The molecule has 1 fully saturated rings. The van der Waals surface area contributed by atoms with E-state index in [0.717, 1.165) is 0 Å². The molecule has 7 nitrogen and oxygen atoms in total. The number of furan rings is 1. The summed E-state index contributed by atoms with van der Waals surface area (Å²) in [4.78, 5) is 26.3. The largest absolute Gasteiger partial charge is 0.453 e. The van der Waals surface area contributed by atoms with Crippen molar-refractivity contribution >= 4 is 18.0 Å². The molecule has 1 aromatic rings. The van der Waals surface area contributed by atoms with Gasteiger partial charge in [-0.25, -0.2) is 9.59 Å². The lowest BCUT2D eigenvalue weighted by atomic mass is 10.3. The van der Waals surface area contributed by atoms with E-state index >= 15 is 0 Å². The lowest BCUT2D eigenvalue weighted by Crippen LogP contribution is -2.51. The van der Waals surface area contributed by atoms with Gasteiger partial charge in [0, 0.05) is 32.2 Å². The number of anilines is 1. The van der Waals surface area contributed by atoms with Crippen LogP contribution in [0, 0.1) is 0 Å². The molecule has 0 saturated carbocycles. The number of hydrogen-bond donors (Lipinski definition) is 1. The van der Waals surface area contributed by atoms with Crippen molar-refractivity contribution in [2.75, 3.05) is 38.6 Å². The van der Waals surface area contributed by atoms with Crippen LogP contribution in [0.15, 0.2) is 22.8 Å². The number of piperazine rings is 1. The molecule has 1 aliphatic heterocycles. The summed E-state index contributed by atoms with van der Waals surface area (Å²) < 4.78 is 9.65. The van der Waals surface area contributed by atoms with E-state index < -0.39 is 0 Å². The smallest absolute Gasteiger partial charge is 0.409 e. The molecule has 98 valence electrons. The van der Waals surface area contributed by atoms with E-state index in [9.17, 15) is 9.59 Å². The monoisotopic (exact) mass is 253 g/mol. The first kappa shape index (κ1) is 12.3. The van der Waals surface area contributed by atoms with Crippen molar-refractivity contribution < 1.29 is 18.7 Å². The highest BCUT2D eigenvalue weighted by Crippen LogP contribution is 2.10. The van der Waals surface area contributed by atoms with Gasteiger partial charge in [-0.1, -0.05) is 0 Å². The minimum Gasteiger partial charge on any atom is -0.453 e. The second kappa shape index (κ2) is 5.44. The van der Waals surface area contributed by atoms with Crippen LogP contribution in [-0.4, -0.2) is 55.2 Å². The molecule has 1 aliphatic rings. The number of nitrogens with zero attached hydrogens (tertiary/aromatic N) is 2. The Morgan fingerprint density at radius 2 is 1.94 bits per heavy atom. The van der Waals surface area contributed by atoms with Gasteiger partial charge in [-0.2, -0.15) is 0 Å². The molecule has 0 aliphatic carbocycles. The maximum Gasteiger partial charge on any atom is 0.409 e. The molecule has 1 aromatic heterocycles. The molecule has 0 radical (unpaired) electrons. The number of ether oxygens (including phenoxy) is 1. The second-order valence-corrected chi connectivity index (χ2v) is 3.85. The third kappa shape index (κ3) is 2.73. The highest BCUT2D eigenvalue weighted by Gasteiger charge is 2.24. The number of urea groups is 1. The van der Waals surface area contributed by atoms with Crippen LogP contribution in [-0.2, 0) is 4.74 Å². The number of hydrogen-bond acceptors (Lipinski definition) is 4. The van der Waals surface area contributed by atoms with Crippen LogP contribution in [0.25, 0.3) is 0 Å². The van der Waals surface area contributed by atoms with Gasteiger partial charge in [0.15, 0.2) is 0 Å². The summed E-state index contributed by atoms with van der Waals surface area (Å²) in [5.41, 5.74) is 0. The van der Waals surface area contributed by atoms with Crippen molar-refractivity contribution in [2.45, 2.75) is 0 Å².